The van der Waals surface area contributed by atoms with Gasteiger partial charge in [-0.3, -0.25) is 15.1 Å². The van der Waals surface area contributed by atoms with Crippen LogP contribution in [0.4, 0.5) is 11.4 Å². The molecule has 0 amide bonds. The van der Waals surface area contributed by atoms with Gasteiger partial charge in [-0.15, -0.1) is 0 Å². The Labute approximate surface area is 152 Å². The maximum atomic E-state index is 13.0. The number of nitro benzene ring substituents is 1. The fraction of sp³-hybridized carbons (Fsp3) is 0.353. The van der Waals surface area contributed by atoms with Gasteiger partial charge in [-0.25, -0.2) is 8.42 Å². The lowest BCUT2D eigenvalue weighted by Crippen LogP contribution is -2.28. The molecule has 8 nitrogen and oxygen atoms in total. The second kappa shape index (κ2) is 7.38. The van der Waals surface area contributed by atoms with Crippen LogP contribution in [-0.4, -0.2) is 35.7 Å². The number of non-ortho nitro benzene ring substituents is 1. The maximum absolute atomic E-state index is 13.0. The van der Waals surface area contributed by atoms with Crippen LogP contribution in [0.15, 0.2) is 47.5 Å². The Morgan fingerprint density at radius 3 is 2.58 bits per heavy atom. The molecule has 138 valence electrons. The van der Waals surface area contributed by atoms with Gasteiger partial charge >= 0.3 is 0 Å². The van der Waals surface area contributed by atoms with Gasteiger partial charge in [0.05, 0.1) is 22.3 Å². The molecule has 1 saturated heterocycles. The summed E-state index contributed by atoms with van der Waals surface area (Å²) in [5, 5.41) is 14.3. The molecule has 0 unspecified atom stereocenters. The first kappa shape index (κ1) is 18.3. The van der Waals surface area contributed by atoms with Crippen molar-refractivity contribution in [2.45, 2.75) is 30.7 Å². The molecule has 3 rings (SSSR count). The normalized spacial score (nSPS) is 16.3. The van der Waals surface area contributed by atoms with Gasteiger partial charge < -0.3 is 5.32 Å². The third-order valence-electron chi connectivity index (χ3n) is 4.36. The number of anilines is 1. The molecule has 26 heavy (non-hydrogen) atoms. The van der Waals surface area contributed by atoms with E-state index in [-0.39, 0.29) is 16.6 Å². The zero-order valence-electron chi connectivity index (χ0n) is 14.3. The number of benzene rings is 1. The van der Waals surface area contributed by atoms with Crippen LogP contribution in [0.3, 0.4) is 0 Å². The smallest absolute Gasteiger partial charge is 0.270 e. The molecule has 0 aliphatic carbocycles. The average molecular weight is 376 g/mol. The summed E-state index contributed by atoms with van der Waals surface area (Å²) >= 11 is 0. The second-order valence-corrected chi connectivity index (χ2v) is 8.08. The van der Waals surface area contributed by atoms with E-state index >= 15 is 0 Å². The van der Waals surface area contributed by atoms with Crippen molar-refractivity contribution in [2.75, 3.05) is 18.4 Å². The van der Waals surface area contributed by atoms with Gasteiger partial charge in [0.1, 0.15) is 4.90 Å². The Morgan fingerprint density at radius 1 is 1.23 bits per heavy atom. The lowest BCUT2D eigenvalue weighted by atomic mass is 10.2. The van der Waals surface area contributed by atoms with E-state index in [0.29, 0.717) is 18.8 Å². The first-order valence-electron chi connectivity index (χ1n) is 8.35. The summed E-state index contributed by atoms with van der Waals surface area (Å²) in [6.07, 6.45) is 3.24. The third kappa shape index (κ3) is 3.68. The molecule has 2 aromatic rings. The van der Waals surface area contributed by atoms with Gasteiger partial charge in [0, 0.05) is 31.4 Å². The van der Waals surface area contributed by atoms with E-state index in [1.807, 2.05) is 19.1 Å². The maximum Gasteiger partial charge on any atom is 0.270 e. The number of nitrogens with one attached hydrogen (secondary N) is 1. The van der Waals surface area contributed by atoms with Crippen molar-refractivity contribution in [1.29, 1.82) is 0 Å². The van der Waals surface area contributed by atoms with Gasteiger partial charge in [0.2, 0.25) is 10.0 Å². The molecule has 1 aliphatic rings. The van der Waals surface area contributed by atoms with Crippen LogP contribution in [0.2, 0.25) is 0 Å². The minimum Gasteiger partial charge on any atom is -0.376 e. The predicted octanol–water partition coefficient (Wildman–Crippen LogP) is 2.95. The molecule has 9 heteroatoms. The van der Waals surface area contributed by atoms with E-state index in [2.05, 4.69) is 10.3 Å². The Bertz CT molecular complexity index is 896. The van der Waals surface area contributed by atoms with E-state index in [0.717, 1.165) is 24.6 Å². The summed E-state index contributed by atoms with van der Waals surface area (Å²) in [4.78, 5) is 14.7. The minimum atomic E-state index is -3.81. The molecule has 0 spiro atoms. The number of nitrogens with zero attached hydrogens (tertiary/aromatic N) is 3. The molecular formula is C17H20N4O4S. The van der Waals surface area contributed by atoms with Crippen molar-refractivity contribution >= 4 is 21.4 Å². The molecule has 0 saturated carbocycles. The molecule has 1 atom stereocenters. The molecule has 1 aliphatic heterocycles. The lowest BCUT2D eigenvalue weighted by molar-refractivity contribution is -0.385. The van der Waals surface area contributed by atoms with Gasteiger partial charge in [0.15, 0.2) is 0 Å². The molecule has 1 fully saturated rings. The number of hydrogen-bond donors (Lipinski definition) is 1. The SMILES string of the molecule is C[C@@H](Nc1ccc([N+](=O)[O-])cc1S(=O)(=O)N1CCCC1)c1ccccn1. The summed E-state index contributed by atoms with van der Waals surface area (Å²) < 4.78 is 27.4. The van der Waals surface area contributed by atoms with Crippen LogP contribution >= 0.6 is 0 Å². The van der Waals surface area contributed by atoms with E-state index in [1.165, 1.54) is 16.4 Å². The van der Waals surface area contributed by atoms with Crippen molar-refractivity contribution in [3.8, 4) is 0 Å². The zero-order valence-corrected chi connectivity index (χ0v) is 15.1. The number of pyridine rings is 1. The summed E-state index contributed by atoms with van der Waals surface area (Å²) in [5.74, 6) is 0. The van der Waals surface area contributed by atoms with E-state index in [1.54, 1.807) is 12.3 Å². The van der Waals surface area contributed by atoms with Crippen LogP contribution in [0.5, 0.6) is 0 Å². The minimum absolute atomic E-state index is 0.0728. The Morgan fingerprint density at radius 2 is 1.96 bits per heavy atom. The molecule has 1 aromatic carbocycles. The highest BCUT2D eigenvalue weighted by molar-refractivity contribution is 7.89. The summed E-state index contributed by atoms with van der Waals surface area (Å²) in [7, 11) is -3.81. The number of aromatic nitrogens is 1. The number of rotatable bonds is 6. The van der Waals surface area contributed by atoms with Gasteiger partial charge in [-0.2, -0.15) is 4.31 Å². The zero-order chi connectivity index (χ0) is 18.7. The van der Waals surface area contributed by atoms with Crippen LogP contribution in [0.25, 0.3) is 0 Å². The average Bonchev–Trinajstić information content (AvgIpc) is 3.18. The summed E-state index contributed by atoms with van der Waals surface area (Å²) in [6.45, 7) is 2.72. The Hall–Kier alpha value is -2.52. The summed E-state index contributed by atoms with van der Waals surface area (Å²) in [6, 6.07) is 9.09. The highest BCUT2D eigenvalue weighted by Gasteiger charge is 2.31. The van der Waals surface area contributed by atoms with Crippen molar-refractivity contribution in [1.82, 2.24) is 9.29 Å². The topological polar surface area (TPSA) is 105 Å². The first-order valence-corrected chi connectivity index (χ1v) is 9.79. The monoisotopic (exact) mass is 376 g/mol. The standard InChI is InChI=1S/C17H20N4O4S/c1-13(15-6-2-3-9-18-15)19-16-8-7-14(21(22)23)12-17(16)26(24,25)20-10-4-5-11-20/h2-3,6-9,12-13,19H,4-5,10-11H2,1H3/t13-/m1/s1. The van der Waals surface area contributed by atoms with Crippen LogP contribution in [-0.2, 0) is 10.0 Å². The molecule has 0 radical (unpaired) electrons. The van der Waals surface area contributed by atoms with Gasteiger partial charge in [0.25, 0.3) is 5.69 Å². The number of nitro groups is 1. The predicted molar refractivity (Wildman–Crippen MR) is 97.4 cm³/mol. The number of sulfonamides is 1. The van der Waals surface area contributed by atoms with Crippen LogP contribution in [0, 0.1) is 10.1 Å². The van der Waals surface area contributed by atoms with Crippen molar-refractivity contribution in [3.05, 3.63) is 58.4 Å². The second-order valence-electron chi connectivity index (χ2n) is 6.17. The lowest BCUT2D eigenvalue weighted by Gasteiger charge is -2.21. The Kier molecular flexibility index (Phi) is 5.19. The molecular weight excluding hydrogens is 356 g/mol. The molecule has 0 bridgehead atoms. The Balaban J connectivity index is 2.00. The van der Waals surface area contributed by atoms with Gasteiger partial charge in [-0.05, 0) is 38.0 Å². The molecule has 2 heterocycles. The number of hydrogen-bond acceptors (Lipinski definition) is 6. The van der Waals surface area contributed by atoms with Crippen LogP contribution in [0.1, 0.15) is 31.5 Å². The van der Waals surface area contributed by atoms with E-state index in [9.17, 15) is 18.5 Å². The van der Waals surface area contributed by atoms with Gasteiger partial charge in [-0.1, -0.05) is 6.07 Å². The summed E-state index contributed by atoms with van der Waals surface area (Å²) in [5.41, 5.74) is 0.829. The van der Waals surface area contributed by atoms with Crippen LogP contribution < -0.4 is 5.32 Å². The fourth-order valence-corrected chi connectivity index (χ4v) is 4.66. The quantitative estimate of drug-likeness (QED) is 0.614. The molecule has 1 aromatic heterocycles. The highest BCUT2D eigenvalue weighted by Crippen LogP contribution is 2.32. The van der Waals surface area contributed by atoms with Crippen molar-refractivity contribution < 1.29 is 13.3 Å². The fourth-order valence-electron chi connectivity index (χ4n) is 2.96. The van der Waals surface area contributed by atoms with E-state index in [4.69, 9.17) is 0 Å². The third-order valence-corrected chi connectivity index (χ3v) is 6.30. The molecule has 1 N–H and O–H groups in total. The van der Waals surface area contributed by atoms with E-state index < -0.39 is 14.9 Å². The van der Waals surface area contributed by atoms with Crippen molar-refractivity contribution in [2.24, 2.45) is 0 Å². The van der Waals surface area contributed by atoms with Crippen molar-refractivity contribution in [3.63, 3.8) is 0 Å². The highest BCUT2D eigenvalue weighted by atomic mass is 32.2. The first-order chi connectivity index (χ1) is 12.4. The largest absolute Gasteiger partial charge is 0.376 e.